The first-order valence-electron chi connectivity index (χ1n) is 27.6. The molecule has 0 rings (SSSR count). The van der Waals surface area contributed by atoms with Gasteiger partial charge in [0.2, 0.25) is 0 Å². The zero-order chi connectivity index (χ0) is 50.5. The van der Waals surface area contributed by atoms with Gasteiger partial charge in [-0.2, -0.15) is 0 Å². The van der Waals surface area contributed by atoms with Crippen LogP contribution in [-0.4, -0.2) is 75.6 Å². The second kappa shape index (κ2) is 51.5. The summed E-state index contributed by atoms with van der Waals surface area (Å²) in [5.74, 6) is -0.374. The molecular formula is C60H105NO7P+. The standard InChI is InChI=1S/C60H104NO7P/c1-6-8-10-12-14-16-18-20-22-24-26-28-30-32-34-36-38-40-42-44-46-48-50-52-55-65-57-59(58-67-69(63,64)66-56-54-61(3,4)5)68-60(62)53-51-49-47-45-43-41-39-37-35-33-31-29-27-25-23-21-19-17-15-13-11-9-7-2/h9,11,15,17-18,20-21,23-24,26-27,29,33,35,39,41,45,47,59H,6-8,10,12-14,16,19,22,25,28,30-32,34,36-38,40,42-44,46,48-58H2,1-5H3/p+1/b11-9-,17-15-,20-18-,23-21-,26-24-,29-27-,35-33-,41-39-,47-45-. The quantitative estimate of drug-likeness (QED) is 0.0213. The van der Waals surface area contributed by atoms with Gasteiger partial charge >= 0.3 is 13.8 Å². The molecule has 0 saturated heterocycles. The number of ether oxygens (including phenoxy) is 2. The minimum absolute atomic E-state index is 0.0716. The summed E-state index contributed by atoms with van der Waals surface area (Å²) in [6.45, 7) is 5.41. The van der Waals surface area contributed by atoms with Crippen LogP contribution in [0.2, 0.25) is 0 Å². The van der Waals surface area contributed by atoms with E-state index in [9.17, 15) is 14.3 Å². The average Bonchev–Trinajstić information content (AvgIpc) is 3.31. The minimum atomic E-state index is -4.31. The molecule has 2 atom stereocenters. The van der Waals surface area contributed by atoms with E-state index in [4.69, 9.17) is 18.5 Å². The van der Waals surface area contributed by atoms with Crippen LogP contribution in [0.5, 0.6) is 0 Å². The van der Waals surface area contributed by atoms with Crippen LogP contribution in [0.4, 0.5) is 0 Å². The number of rotatable bonds is 50. The van der Waals surface area contributed by atoms with Gasteiger partial charge in [0.25, 0.3) is 0 Å². The van der Waals surface area contributed by atoms with Crippen molar-refractivity contribution in [3.05, 3.63) is 109 Å². The van der Waals surface area contributed by atoms with E-state index >= 15 is 0 Å². The van der Waals surface area contributed by atoms with Crippen LogP contribution < -0.4 is 0 Å². The van der Waals surface area contributed by atoms with Crippen LogP contribution in [0.1, 0.15) is 206 Å². The molecule has 0 bridgehead atoms. The van der Waals surface area contributed by atoms with Gasteiger partial charge in [0.1, 0.15) is 19.3 Å². The summed E-state index contributed by atoms with van der Waals surface area (Å²) < 4.78 is 35.1. The van der Waals surface area contributed by atoms with Crippen molar-refractivity contribution >= 4 is 13.8 Å². The number of carbonyl (C=O) groups is 1. The van der Waals surface area contributed by atoms with Gasteiger partial charge in [-0.3, -0.25) is 13.8 Å². The summed E-state index contributed by atoms with van der Waals surface area (Å²) in [5.41, 5.74) is 0. The average molecular weight is 983 g/mol. The Morgan fingerprint density at radius 2 is 0.841 bits per heavy atom. The van der Waals surface area contributed by atoms with E-state index in [0.717, 1.165) is 70.6 Å². The molecule has 1 N–H and O–H groups in total. The van der Waals surface area contributed by atoms with Crippen LogP contribution in [0.25, 0.3) is 0 Å². The van der Waals surface area contributed by atoms with Crippen LogP contribution >= 0.6 is 7.82 Å². The lowest BCUT2D eigenvalue weighted by Crippen LogP contribution is -2.37. The summed E-state index contributed by atoms with van der Waals surface area (Å²) in [5, 5.41) is 0. The molecule has 9 heteroatoms. The summed E-state index contributed by atoms with van der Waals surface area (Å²) in [6.07, 6.45) is 73.0. The maximum atomic E-state index is 12.8. The Bertz CT molecular complexity index is 1470. The van der Waals surface area contributed by atoms with Gasteiger partial charge in [-0.1, -0.05) is 213 Å². The molecule has 0 spiro atoms. The number of hydrogen-bond acceptors (Lipinski definition) is 6. The van der Waals surface area contributed by atoms with Gasteiger partial charge in [-0.15, -0.1) is 0 Å². The molecule has 69 heavy (non-hydrogen) atoms. The van der Waals surface area contributed by atoms with Gasteiger partial charge in [0.05, 0.1) is 34.4 Å². The Hall–Kier alpha value is -2.84. The number of esters is 1. The van der Waals surface area contributed by atoms with E-state index in [0.29, 0.717) is 24.1 Å². The van der Waals surface area contributed by atoms with Crippen LogP contribution in [0.3, 0.4) is 0 Å². The lowest BCUT2D eigenvalue weighted by molar-refractivity contribution is -0.870. The topological polar surface area (TPSA) is 91.3 Å². The molecule has 2 unspecified atom stereocenters. The van der Waals surface area contributed by atoms with Crippen LogP contribution in [-0.2, 0) is 27.9 Å². The molecule has 0 fully saturated rings. The monoisotopic (exact) mass is 983 g/mol. The molecule has 396 valence electrons. The third kappa shape index (κ3) is 56.0. The van der Waals surface area contributed by atoms with Gasteiger partial charge in [0.15, 0.2) is 0 Å². The summed E-state index contributed by atoms with van der Waals surface area (Å²) in [4.78, 5) is 23.0. The van der Waals surface area contributed by atoms with Crippen molar-refractivity contribution in [2.24, 2.45) is 0 Å². The number of carbonyl (C=O) groups excluding carboxylic acids is 1. The number of unbranched alkanes of at least 4 members (excludes halogenated alkanes) is 18. The van der Waals surface area contributed by atoms with Crippen molar-refractivity contribution in [2.75, 3.05) is 54.1 Å². The highest BCUT2D eigenvalue weighted by Gasteiger charge is 2.26. The number of phosphoric ester groups is 1. The Balaban J connectivity index is 4.23. The van der Waals surface area contributed by atoms with E-state index in [-0.39, 0.29) is 32.2 Å². The third-order valence-electron chi connectivity index (χ3n) is 11.3. The van der Waals surface area contributed by atoms with Gasteiger partial charge in [0, 0.05) is 13.0 Å². The highest BCUT2D eigenvalue weighted by atomic mass is 31.2. The molecule has 0 radical (unpaired) electrons. The van der Waals surface area contributed by atoms with Gasteiger partial charge < -0.3 is 18.9 Å². The Morgan fingerprint density at radius 1 is 0.464 bits per heavy atom. The predicted molar refractivity (Wildman–Crippen MR) is 297 cm³/mol. The molecule has 0 aliphatic heterocycles. The van der Waals surface area contributed by atoms with E-state index in [1.807, 2.05) is 21.1 Å². The van der Waals surface area contributed by atoms with Crippen molar-refractivity contribution in [1.82, 2.24) is 0 Å². The summed E-state index contributed by atoms with van der Waals surface area (Å²) in [6, 6.07) is 0. The Labute approximate surface area is 425 Å². The SMILES string of the molecule is CC/C=C\C/C=C\C/C=C\C/C=C\C/C=C\C/C=C\C/C=C\CCCC(=O)OC(COCCCCCCCCCCCCCC/C=C\C/C=C\CCCCCCC)COP(=O)(O)OCC[N+](C)(C)C. The number of hydrogen-bond donors (Lipinski definition) is 1. The summed E-state index contributed by atoms with van der Waals surface area (Å²) >= 11 is 0. The number of phosphoric acid groups is 1. The maximum absolute atomic E-state index is 12.8. The fraction of sp³-hybridized carbons (Fsp3) is 0.683. The van der Waals surface area contributed by atoms with Crippen LogP contribution in [0.15, 0.2) is 109 Å². The lowest BCUT2D eigenvalue weighted by atomic mass is 10.0. The van der Waals surface area contributed by atoms with E-state index < -0.39 is 13.9 Å². The van der Waals surface area contributed by atoms with E-state index in [1.165, 1.54) is 109 Å². The third-order valence-corrected chi connectivity index (χ3v) is 12.3. The molecule has 0 aromatic rings. The fourth-order valence-corrected chi connectivity index (χ4v) is 7.84. The molecular weight excluding hydrogens is 878 g/mol. The largest absolute Gasteiger partial charge is 0.472 e. The second-order valence-electron chi connectivity index (χ2n) is 19.2. The first-order valence-corrected chi connectivity index (χ1v) is 29.1. The maximum Gasteiger partial charge on any atom is 0.472 e. The number of likely N-dealkylation sites (N-methyl/N-ethyl adjacent to an activating group) is 1. The first-order chi connectivity index (χ1) is 33.6. The Morgan fingerprint density at radius 3 is 1.26 bits per heavy atom. The lowest BCUT2D eigenvalue weighted by Gasteiger charge is -2.24. The van der Waals surface area contributed by atoms with Crippen molar-refractivity contribution in [1.29, 1.82) is 0 Å². The van der Waals surface area contributed by atoms with Crippen LogP contribution in [0, 0.1) is 0 Å². The zero-order valence-electron chi connectivity index (χ0n) is 45.0. The molecule has 0 heterocycles. The molecule has 0 aliphatic rings. The number of nitrogens with zero attached hydrogens (tertiary/aromatic N) is 1. The molecule has 0 aliphatic carbocycles. The van der Waals surface area contributed by atoms with Crippen molar-refractivity contribution < 1.29 is 37.3 Å². The number of allylic oxidation sites excluding steroid dienone is 18. The van der Waals surface area contributed by atoms with Crippen molar-refractivity contribution in [2.45, 2.75) is 213 Å². The second-order valence-corrected chi connectivity index (χ2v) is 20.7. The van der Waals surface area contributed by atoms with Gasteiger partial charge in [-0.05, 0) is 96.3 Å². The zero-order valence-corrected chi connectivity index (χ0v) is 45.9. The van der Waals surface area contributed by atoms with Gasteiger partial charge in [-0.25, -0.2) is 4.57 Å². The molecule has 0 saturated carbocycles. The predicted octanol–water partition coefficient (Wildman–Crippen LogP) is 17.5. The van der Waals surface area contributed by atoms with E-state index in [1.54, 1.807) is 0 Å². The fourth-order valence-electron chi connectivity index (χ4n) is 7.10. The minimum Gasteiger partial charge on any atom is -0.457 e. The molecule has 0 aromatic carbocycles. The highest BCUT2D eigenvalue weighted by Crippen LogP contribution is 2.43. The molecule has 0 amide bonds. The highest BCUT2D eigenvalue weighted by molar-refractivity contribution is 7.47. The van der Waals surface area contributed by atoms with Crippen molar-refractivity contribution in [3.63, 3.8) is 0 Å². The Kier molecular flexibility index (Phi) is 49.4. The molecule has 0 aromatic heterocycles. The number of quaternary nitrogens is 1. The molecule has 8 nitrogen and oxygen atoms in total. The van der Waals surface area contributed by atoms with E-state index in [2.05, 4.69) is 123 Å². The van der Waals surface area contributed by atoms with Crippen molar-refractivity contribution in [3.8, 4) is 0 Å². The smallest absolute Gasteiger partial charge is 0.457 e. The first kappa shape index (κ1) is 66.2. The summed E-state index contributed by atoms with van der Waals surface area (Å²) in [7, 11) is 1.62. The normalized spacial score (nSPS) is 14.3.